The molecule has 1 atom stereocenters. The first-order valence-electron chi connectivity index (χ1n) is 30.3. The van der Waals surface area contributed by atoms with E-state index in [0.717, 1.165) is 64.2 Å². The minimum absolute atomic E-state index is 0.0652. The number of carbonyl (C=O) groups is 3. The van der Waals surface area contributed by atoms with E-state index in [1.807, 2.05) is 0 Å². The highest BCUT2D eigenvalue weighted by Crippen LogP contribution is 2.17. The van der Waals surface area contributed by atoms with Gasteiger partial charge in [-0.05, 0) is 51.4 Å². The fourth-order valence-electron chi connectivity index (χ4n) is 9.12. The molecular weight excluding hydrogens is 841 g/mol. The molecule has 0 aromatic heterocycles. The molecule has 0 spiro atoms. The third kappa shape index (κ3) is 54.8. The molecule has 0 N–H and O–H groups in total. The van der Waals surface area contributed by atoms with Crippen molar-refractivity contribution in [1.82, 2.24) is 0 Å². The van der Waals surface area contributed by atoms with E-state index in [9.17, 15) is 14.4 Å². The fourth-order valence-corrected chi connectivity index (χ4v) is 9.12. The zero-order valence-electron chi connectivity index (χ0n) is 45.9. The number of hydrogen-bond donors (Lipinski definition) is 0. The number of rotatable bonds is 56. The van der Waals surface area contributed by atoms with Crippen LogP contribution in [0.2, 0.25) is 0 Å². The summed E-state index contributed by atoms with van der Waals surface area (Å²) in [6, 6.07) is 0. The first-order valence-corrected chi connectivity index (χ1v) is 30.3. The Labute approximate surface area is 423 Å². The Morgan fingerprint density at radius 2 is 0.529 bits per heavy atom. The molecule has 0 aliphatic heterocycles. The molecule has 0 saturated carbocycles. The number of carbonyl (C=O) groups excluding carboxylic acids is 3. The summed E-state index contributed by atoms with van der Waals surface area (Å²) in [7, 11) is 0. The maximum Gasteiger partial charge on any atom is 0.306 e. The molecule has 400 valence electrons. The lowest BCUT2D eigenvalue weighted by atomic mass is 10.0. The Kier molecular flexibility index (Phi) is 55.7. The van der Waals surface area contributed by atoms with Gasteiger partial charge in [0.25, 0.3) is 0 Å². The molecule has 6 heteroatoms. The summed E-state index contributed by atoms with van der Waals surface area (Å²) in [6.07, 6.45) is 67.6. The van der Waals surface area contributed by atoms with Crippen molar-refractivity contribution in [3.05, 3.63) is 24.3 Å². The molecule has 6 nitrogen and oxygen atoms in total. The van der Waals surface area contributed by atoms with Gasteiger partial charge < -0.3 is 14.2 Å². The number of unbranched alkanes of at least 4 members (excludes halogenated alkanes) is 41. The third-order valence-corrected chi connectivity index (χ3v) is 13.7. The van der Waals surface area contributed by atoms with Crippen LogP contribution in [0.4, 0.5) is 0 Å². The summed E-state index contributed by atoms with van der Waals surface area (Å²) in [5.41, 5.74) is 0. The molecule has 1 unspecified atom stereocenters. The number of allylic oxidation sites excluding steroid dienone is 4. The van der Waals surface area contributed by atoms with Crippen LogP contribution in [0.3, 0.4) is 0 Å². The molecule has 0 saturated heterocycles. The molecule has 0 bridgehead atoms. The molecule has 0 radical (unpaired) electrons. The highest BCUT2D eigenvalue weighted by molar-refractivity contribution is 5.71. The first-order chi connectivity index (χ1) is 33.5. The van der Waals surface area contributed by atoms with E-state index in [1.165, 1.54) is 231 Å². The van der Waals surface area contributed by atoms with Crippen LogP contribution in [-0.4, -0.2) is 37.2 Å². The van der Waals surface area contributed by atoms with E-state index < -0.39 is 6.10 Å². The normalized spacial score (nSPS) is 12.1. The molecule has 0 fully saturated rings. The Morgan fingerprint density at radius 3 is 0.809 bits per heavy atom. The van der Waals surface area contributed by atoms with E-state index in [2.05, 4.69) is 45.1 Å². The van der Waals surface area contributed by atoms with Gasteiger partial charge in [-0.1, -0.05) is 289 Å². The second-order valence-electron chi connectivity index (χ2n) is 20.6. The molecule has 0 rings (SSSR count). The molecule has 0 aromatic rings. The smallest absolute Gasteiger partial charge is 0.306 e. The Balaban J connectivity index is 4.10. The standard InChI is InChI=1S/C62H116O6/c1-4-7-10-13-16-19-21-23-25-26-27-28-29-30-31-32-33-34-35-36-37-39-40-43-46-49-52-55-61(64)67-58-59(57-66-60(63)54-51-48-45-42-18-15-12-9-6-3)68-62(65)56-53-50-47-44-41-38-24-22-20-17-14-11-8-5-2/h21,23,26-27,59H,4-20,22,24-25,28-58H2,1-3H3/b23-21-,27-26-. The zero-order valence-corrected chi connectivity index (χ0v) is 45.9. The SMILES string of the molecule is CCCCCCC/C=C\C/C=C\CCCCCCCCCCCCCCCCCC(=O)OCC(COC(=O)CCCCCCCCCCC)OC(=O)CCCCCCCCCCCCCCCC. The molecule has 68 heavy (non-hydrogen) atoms. The van der Waals surface area contributed by atoms with Crippen molar-refractivity contribution >= 4 is 17.9 Å². The lowest BCUT2D eigenvalue weighted by Gasteiger charge is -2.18. The van der Waals surface area contributed by atoms with Gasteiger partial charge in [0, 0.05) is 19.3 Å². The van der Waals surface area contributed by atoms with E-state index in [-0.39, 0.29) is 31.1 Å². The predicted octanol–water partition coefficient (Wildman–Crippen LogP) is 20.3. The van der Waals surface area contributed by atoms with E-state index in [0.29, 0.717) is 19.3 Å². The van der Waals surface area contributed by atoms with Crippen molar-refractivity contribution < 1.29 is 28.6 Å². The maximum absolute atomic E-state index is 12.8. The van der Waals surface area contributed by atoms with Gasteiger partial charge in [0.1, 0.15) is 13.2 Å². The van der Waals surface area contributed by atoms with Gasteiger partial charge in [-0.3, -0.25) is 14.4 Å². The van der Waals surface area contributed by atoms with Crippen molar-refractivity contribution in [2.45, 2.75) is 341 Å². The topological polar surface area (TPSA) is 78.9 Å². The molecule has 0 aliphatic rings. The first kappa shape index (κ1) is 65.9. The summed E-state index contributed by atoms with van der Waals surface area (Å²) in [6.45, 7) is 6.66. The second kappa shape index (κ2) is 57.5. The lowest BCUT2D eigenvalue weighted by molar-refractivity contribution is -0.167. The predicted molar refractivity (Wildman–Crippen MR) is 293 cm³/mol. The van der Waals surface area contributed by atoms with E-state index >= 15 is 0 Å². The minimum atomic E-state index is -0.764. The van der Waals surface area contributed by atoms with Crippen LogP contribution in [0.1, 0.15) is 335 Å². The van der Waals surface area contributed by atoms with Gasteiger partial charge in [-0.2, -0.15) is 0 Å². The molecule has 0 aliphatic carbocycles. The van der Waals surface area contributed by atoms with Crippen LogP contribution in [-0.2, 0) is 28.6 Å². The monoisotopic (exact) mass is 957 g/mol. The van der Waals surface area contributed by atoms with Crippen molar-refractivity contribution in [2.24, 2.45) is 0 Å². The van der Waals surface area contributed by atoms with Crippen LogP contribution < -0.4 is 0 Å². The van der Waals surface area contributed by atoms with Crippen LogP contribution in [0.5, 0.6) is 0 Å². The highest BCUT2D eigenvalue weighted by Gasteiger charge is 2.19. The molecular formula is C62H116O6. The molecule has 0 aromatic carbocycles. The summed E-state index contributed by atoms with van der Waals surface area (Å²) < 4.78 is 16.8. The Bertz CT molecular complexity index is 1100. The Morgan fingerprint density at radius 1 is 0.294 bits per heavy atom. The average molecular weight is 958 g/mol. The van der Waals surface area contributed by atoms with E-state index in [4.69, 9.17) is 14.2 Å². The van der Waals surface area contributed by atoms with Crippen molar-refractivity contribution in [1.29, 1.82) is 0 Å². The largest absolute Gasteiger partial charge is 0.462 e. The van der Waals surface area contributed by atoms with Crippen molar-refractivity contribution in [3.63, 3.8) is 0 Å². The summed E-state index contributed by atoms with van der Waals surface area (Å²) >= 11 is 0. The van der Waals surface area contributed by atoms with Crippen molar-refractivity contribution in [2.75, 3.05) is 13.2 Å². The summed E-state index contributed by atoms with van der Waals surface area (Å²) in [5.74, 6) is -0.846. The Hall–Kier alpha value is -2.11. The molecule has 0 amide bonds. The van der Waals surface area contributed by atoms with E-state index in [1.54, 1.807) is 0 Å². The summed E-state index contributed by atoms with van der Waals surface area (Å²) in [5, 5.41) is 0. The van der Waals surface area contributed by atoms with Crippen LogP contribution in [0.25, 0.3) is 0 Å². The highest BCUT2D eigenvalue weighted by atomic mass is 16.6. The lowest BCUT2D eigenvalue weighted by Crippen LogP contribution is -2.30. The quantitative estimate of drug-likeness (QED) is 0.0262. The zero-order chi connectivity index (χ0) is 49.3. The average Bonchev–Trinajstić information content (AvgIpc) is 3.34. The van der Waals surface area contributed by atoms with Gasteiger partial charge in [0.2, 0.25) is 0 Å². The van der Waals surface area contributed by atoms with Crippen LogP contribution in [0, 0.1) is 0 Å². The van der Waals surface area contributed by atoms with Crippen molar-refractivity contribution in [3.8, 4) is 0 Å². The van der Waals surface area contributed by atoms with Crippen LogP contribution >= 0.6 is 0 Å². The van der Waals surface area contributed by atoms with Gasteiger partial charge in [0.15, 0.2) is 6.10 Å². The van der Waals surface area contributed by atoms with Gasteiger partial charge in [-0.25, -0.2) is 0 Å². The number of hydrogen-bond acceptors (Lipinski definition) is 6. The van der Waals surface area contributed by atoms with Crippen LogP contribution in [0.15, 0.2) is 24.3 Å². The second-order valence-corrected chi connectivity index (χ2v) is 20.6. The minimum Gasteiger partial charge on any atom is -0.462 e. The van der Waals surface area contributed by atoms with Gasteiger partial charge in [-0.15, -0.1) is 0 Å². The fraction of sp³-hybridized carbons (Fsp3) is 0.887. The van der Waals surface area contributed by atoms with Gasteiger partial charge >= 0.3 is 17.9 Å². The maximum atomic E-state index is 12.8. The third-order valence-electron chi connectivity index (χ3n) is 13.7. The number of esters is 3. The molecule has 0 heterocycles. The summed E-state index contributed by atoms with van der Waals surface area (Å²) in [4.78, 5) is 38.0. The number of ether oxygens (including phenoxy) is 3. The van der Waals surface area contributed by atoms with Gasteiger partial charge in [0.05, 0.1) is 0 Å².